The molecule has 16 heavy (non-hydrogen) atoms. The molecule has 1 aromatic carbocycles. The van der Waals surface area contributed by atoms with Crippen LogP contribution < -0.4 is 5.73 Å². The average molecular weight is 237 g/mol. The van der Waals surface area contributed by atoms with Crippen molar-refractivity contribution < 1.29 is 9.50 Å². The fourth-order valence-corrected chi connectivity index (χ4v) is 2.45. The number of hydrogen-bond acceptors (Lipinski definition) is 3. The van der Waals surface area contributed by atoms with E-state index in [4.69, 9.17) is 5.73 Å². The van der Waals surface area contributed by atoms with E-state index in [0.717, 1.165) is 15.3 Å². The third-order valence-electron chi connectivity index (χ3n) is 2.29. The molecule has 84 valence electrons. The van der Waals surface area contributed by atoms with Crippen molar-refractivity contribution in [1.29, 1.82) is 0 Å². The molecule has 0 aliphatic carbocycles. The molecule has 1 aromatic heterocycles. The van der Waals surface area contributed by atoms with Crippen molar-refractivity contribution in [2.45, 2.75) is 6.10 Å². The molecule has 0 bridgehead atoms. The van der Waals surface area contributed by atoms with E-state index in [1.807, 2.05) is 18.2 Å². The lowest BCUT2D eigenvalue weighted by Gasteiger charge is -2.02. The lowest BCUT2D eigenvalue weighted by atomic mass is 10.2. The molecule has 0 aliphatic rings. The van der Waals surface area contributed by atoms with Gasteiger partial charge in [-0.3, -0.25) is 0 Å². The molecular weight excluding hydrogens is 225 g/mol. The van der Waals surface area contributed by atoms with Crippen molar-refractivity contribution in [3.05, 3.63) is 47.1 Å². The molecule has 1 unspecified atom stereocenters. The van der Waals surface area contributed by atoms with Crippen LogP contribution in [0.5, 0.6) is 0 Å². The number of thiophene rings is 1. The van der Waals surface area contributed by atoms with Crippen molar-refractivity contribution in [3.63, 3.8) is 0 Å². The van der Waals surface area contributed by atoms with Gasteiger partial charge in [-0.05, 0) is 29.8 Å². The first-order valence-corrected chi connectivity index (χ1v) is 5.76. The first-order chi connectivity index (χ1) is 7.70. The Labute approximate surface area is 97.2 Å². The van der Waals surface area contributed by atoms with E-state index in [1.165, 1.54) is 23.5 Å². The Morgan fingerprint density at radius 3 is 2.81 bits per heavy atom. The summed E-state index contributed by atoms with van der Waals surface area (Å²) in [6, 6.07) is 10.1. The fraction of sp³-hybridized carbons (Fsp3) is 0.167. The lowest BCUT2D eigenvalue weighted by Crippen LogP contribution is -2.09. The number of aliphatic hydroxyl groups is 1. The minimum atomic E-state index is -0.632. The minimum absolute atomic E-state index is 0.198. The van der Waals surface area contributed by atoms with Crippen LogP contribution in [0.25, 0.3) is 10.4 Å². The van der Waals surface area contributed by atoms with Crippen LogP contribution in [0.1, 0.15) is 11.0 Å². The van der Waals surface area contributed by atoms with Gasteiger partial charge in [0.1, 0.15) is 11.9 Å². The molecule has 0 saturated heterocycles. The Bertz CT molecular complexity index is 483. The third kappa shape index (κ3) is 2.29. The first-order valence-electron chi connectivity index (χ1n) is 4.94. The van der Waals surface area contributed by atoms with Crippen LogP contribution in [0.4, 0.5) is 4.39 Å². The van der Waals surface area contributed by atoms with Gasteiger partial charge in [-0.25, -0.2) is 4.39 Å². The van der Waals surface area contributed by atoms with E-state index in [9.17, 15) is 9.50 Å². The standard InChI is InChI=1S/C12H12FNOS/c13-9-3-1-2-8(6-9)11-4-5-12(16-11)10(15)7-14/h1-6,10,15H,7,14H2. The molecule has 2 aromatic rings. The Kier molecular flexibility index (Phi) is 3.33. The Balaban J connectivity index is 2.31. The Morgan fingerprint density at radius 1 is 1.31 bits per heavy atom. The number of rotatable bonds is 3. The molecule has 0 amide bonds. The summed E-state index contributed by atoms with van der Waals surface area (Å²) < 4.78 is 13.0. The molecule has 2 rings (SSSR count). The quantitative estimate of drug-likeness (QED) is 0.861. The summed E-state index contributed by atoms with van der Waals surface area (Å²) in [4.78, 5) is 1.74. The molecule has 3 N–H and O–H groups in total. The van der Waals surface area contributed by atoms with E-state index < -0.39 is 6.10 Å². The Hall–Kier alpha value is -1.23. The highest BCUT2D eigenvalue weighted by Gasteiger charge is 2.09. The van der Waals surface area contributed by atoms with Gasteiger partial charge >= 0.3 is 0 Å². The predicted molar refractivity (Wildman–Crippen MR) is 63.7 cm³/mol. The largest absolute Gasteiger partial charge is 0.386 e. The number of nitrogens with two attached hydrogens (primary N) is 1. The van der Waals surface area contributed by atoms with Crippen molar-refractivity contribution in [3.8, 4) is 10.4 Å². The van der Waals surface area contributed by atoms with Gasteiger partial charge in [-0.1, -0.05) is 12.1 Å². The first kappa shape index (κ1) is 11.3. The predicted octanol–water partition coefficient (Wildman–Crippen LogP) is 2.55. The Morgan fingerprint density at radius 2 is 2.12 bits per heavy atom. The highest BCUT2D eigenvalue weighted by Crippen LogP contribution is 2.31. The zero-order valence-electron chi connectivity index (χ0n) is 8.56. The van der Waals surface area contributed by atoms with Gasteiger partial charge in [-0.15, -0.1) is 11.3 Å². The number of benzene rings is 1. The summed E-state index contributed by atoms with van der Waals surface area (Å²) in [5.41, 5.74) is 6.19. The zero-order valence-corrected chi connectivity index (χ0v) is 9.38. The maximum absolute atomic E-state index is 13.0. The molecular formula is C12H12FNOS. The molecule has 0 fully saturated rings. The number of halogens is 1. The maximum Gasteiger partial charge on any atom is 0.123 e. The zero-order chi connectivity index (χ0) is 11.5. The van der Waals surface area contributed by atoms with Crippen LogP contribution in [0, 0.1) is 5.82 Å². The van der Waals surface area contributed by atoms with E-state index in [-0.39, 0.29) is 12.4 Å². The topological polar surface area (TPSA) is 46.2 Å². The van der Waals surface area contributed by atoms with Gasteiger partial charge < -0.3 is 10.8 Å². The van der Waals surface area contributed by atoms with E-state index in [1.54, 1.807) is 6.07 Å². The summed E-state index contributed by atoms with van der Waals surface area (Å²) in [6.07, 6.45) is -0.632. The summed E-state index contributed by atoms with van der Waals surface area (Å²) >= 11 is 1.43. The van der Waals surface area contributed by atoms with Gasteiger partial charge in [0, 0.05) is 16.3 Å². The number of hydrogen-bond donors (Lipinski definition) is 2. The van der Waals surface area contributed by atoms with Crippen molar-refractivity contribution in [1.82, 2.24) is 0 Å². The van der Waals surface area contributed by atoms with Gasteiger partial charge in [0.05, 0.1) is 0 Å². The summed E-state index contributed by atoms with van der Waals surface area (Å²) in [7, 11) is 0. The number of aliphatic hydroxyl groups excluding tert-OH is 1. The smallest absolute Gasteiger partial charge is 0.123 e. The van der Waals surface area contributed by atoms with Crippen molar-refractivity contribution in [2.24, 2.45) is 5.73 Å². The lowest BCUT2D eigenvalue weighted by molar-refractivity contribution is 0.190. The monoisotopic (exact) mass is 237 g/mol. The highest BCUT2D eigenvalue weighted by molar-refractivity contribution is 7.15. The van der Waals surface area contributed by atoms with Crippen molar-refractivity contribution in [2.75, 3.05) is 6.54 Å². The van der Waals surface area contributed by atoms with Crippen LogP contribution in [0.3, 0.4) is 0 Å². The van der Waals surface area contributed by atoms with Gasteiger partial charge in [-0.2, -0.15) is 0 Å². The maximum atomic E-state index is 13.0. The van der Waals surface area contributed by atoms with E-state index >= 15 is 0 Å². The molecule has 2 nitrogen and oxygen atoms in total. The fourth-order valence-electron chi connectivity index (χ4n) is 1.44. The van der Waals surface area contributed by atoms with Crippen LogP contribution in [-0.4, -0.2) is 11.7 Å². The molecule has 0 spiro atoms. The second-order valence-corrected chi connectivity index (χ2v) is 4.58. The minimum Gasteiger partial charge on any atom is -0.386 e. The van der Waals surface area contributed by atoms with Gasteiger partial charge in [0.2, 0.25) is 0 Å². The SMILES string of the molecule is NCC(O)c1ccc(-c2cccc(F)c2)s1. The van der Waals surface area contributed by atoms with Gasteiger partial charge in [0.25, 0.3) is 0 Å². The molecule has 1 heterocycles. The highest BCUT2D eigenvalue weighted by atomic mass is 32.1. The second-order valence-electron chi connectivity index (χ2n) is 3.46. The van der Waals surface area contributed by atoms with Gasteiger partial charge in [0.15, 0.2) is 0 Å². The van der Waals surface area contributed by atoms with Crippen LogP contribution in [0.15, 0.2) is 36.4 Å². The molecule has 0 saturated carbocycles. The van der Waals surface area contributed by atoms with Crippen LogP contribution in [-0.2, 0) is 0 Å². The van der Waals surface area contributed by atoms with Crippen LogP contribution >= 0.6 is 11.3 Å². The average Bonchev–Trinajstić information content (AvgIpc) is 2.77. The summed E-state index contributed by atoms with van der Waals surface area (Å²) in [5.74, 6) is -0.258. The van der Waals surface area contributed by atoms with Crippen LogP contribution in [0.2, 0.25) is 0 Å². The third-order valence-corrected chi connectivity index (χ3v) is 3.52. The molecule has 0 radical (unpaired) electrons. The summed E-state index contributed by atoms with van der Waals surface area (Å²) in [5, 5.41) is 9.56. The molecule has 4 heteroatoms. The summed E-state index contributed by atoms with van der Waals surface area (Å²) in [6.45, 7) is 0.198. The molecule has 0 aliphatic heterocycles. The second kappa shape index (κ2) is 4.74. The molecule has 1 atom stereocenters. The van der Waals surface area contributed by atoms with Crippen molar-refractivity contribution >= 4 is 11.3 Å². The normalized spacial score (nSPS) is 12.7. The van der Waals surface area contributed by atoms with E-state index in [2.05, 4.69) is 0 Å². The van der Waals surface area contributed by atoms with E-state index in [0.29, 0.717) is 0 Å².